The standard InChI is InChI=1S/C12H18O/c1-5-11-6-7-12(8-10(11)4)13-9(2)3/h5-11H,1H2,2-4H3. The smallest absolute Gasteiger partial charge is 0.115 e. The first-order valence-corrected chi connectivity index (χ1v) is 4.82. The van der Waals surface area contributed by atoms with E-state index in [4.69, 9.17) is 4.74 Å². The van der Waals surface area contributed by atoms with Crippen LogP contribution in [-0.2, 0) is 4.74 Å². The molecule has 0 aromatic carbocycles. The van der Waals surface area contributed by atoms with Gasteiger partial charge in [-0.2, -0.15) is 0 Å². The molecule has 0 spiro atoms. The lowest BCUT2D eigenvalue weighted by molar-refractivity contribution is 0.154. The van der Waals surface area contributed by atoms with Crippen molar-refractivity contribution >= 4 is 0 Å². The molecule has 0 saturated heterocycles. The average Bonchev–Trinajstić information content (AvgIpc) is 2.03. The van der Waals surface area contributed by atoms with Crippen LogP contribution in [0.15, 0.2) is 36.6 Å². The number of hydrogen-bond donors (Lipinski definition) is 0. The van der Waals surface area contributed by atoms with Crippen molar-refractivity contribution in [3.8, 4) is 0 Å². The van der Waals surface area contributed by atoms with Gasteiger partial charge in [-0.3, -0.25) is 0 Å². The van der Waals surface area contributed by atoms with Gasteiger partial charge >= 0.3 is 0 Å². The van der Waals surface area contributed by atoms with Gasteiger partial charge in [0.05, 0.1) is 6.10 Å². The maximum absolute atomic E-state index is 5.59. The molecule has 0 saturated carbocycles. The Morgan fingerprint density at radius 3 is 2.69 bits per heavy atom. The average molecular weight is 178 g/mol. The molecule has 2 atom stereocenters. The number of ether oxygens (including phenoxy) is 1. The molecule has 2 unspecified atom stereocenters. The van der Waals surface area contributed by atoms with E-state index < -0.39 is 0 Å². The van der Waals surface area contributed by atoms with Crippen LogP contribution in [0.2, 0.25) is 0 Å². The van der Waals surface area contributed by atoms with Gasteiger partial charge in [0, 0.05) is 5.92 Å². The summed E-state index contributed by atoms with van der Waals surface area (Å²) in [4.78, 5) is 0. The fourth-order valence-corrected chi connectivity index (χ4v) is 1.45. The monoisotopic (exact) mass is 178 g/mol. The van der Waals surface area contributed by atoms with Crippen molar-refractivity contribution < 1.29 is 4.74 Å². The molecular weight excluding hydrogens is 160 g/mol. The van der Waals surface area contributed by atoms with Crippen LogP contribution in [0.1, 0.15) is 20.8 Å². The molecule has 0 N–H and O–H groups in total. The summed E-state index contributed by atoms with van der Waals surface area (Å²) in [7, 11) is 0. The Kier molecular flexibility index (Phi) is 3.35. The Bertz CT molecular complexity index is 236. The molecule has 72 valence electrons. The molecule has 1 rings (SSSR count). The van der Waals surface area contributed by atoms with Crippen LogP contribution in [0.25, 0.3) is 0 Å². The predicted octanol–water partition coefficient (Wildman–Crippen LogP) is 3.30. The van der Waals surface area contributed by atoms with E-state index in [1.54, 1.807) is 0 Å². The molecule has 1 aliphatic rings. The quantitative estimate of drug-likeness (QED) is 0.602. The van der Waals surface area contributed by atoms with Crippen LogP contribution in [0.5, 0.6) is 0 Å². The minimum Gasteiger partial charge on any atom is -0.491 e. The fraction of sp³-hybridized carbons (Fsp3) is 0.500. The maximum atomic E-state index is 5.59. The molecule has 0 heterocycles. The summed E-state index contributed by atoms with van der Waals surface area (Å²) in [5.41, 5.74) is 0. The summed E-state index contributed by atoms with van der Waals surface area (Å²) >= 11 is 0. The van der Waals surface area contributed by atoms with E-state index in [2.05, 4.69) is 25.7 Å². The van der Waals surface area contributed by atoms with Crippen molar-refractivity contribution in [1.29, 1.82) is 0 Å². The zero-order chi connectivity index (χ0) is 9.84. The maximum Gasteiger partial charge on any atom is 0.115 e. The highest BCUT2D eigenvalue weighted by Gasteiger charge is 2.14. The van der Waals surface area contributed by atoms with Gasteiger partial charge < -0.3 is 4.74 Å². The van der Waals surface area contributed by atoms with Crippen molar-refractivity contribution in [3.05, 3.63) is 36.6 Å². The van der Waals surface area contributed by atoms with Gasteiger partial charge in [-0.05, 0) is 31.9 Å². The van der Waals surface area contributed by atoms with E-state index in [-0.39, 0.29) is 6.10 Å². The minimum atomic E-state index is 0.253. The van der Waals surface area contributed by atoms with Crippen LogP contribution in [-0.4, -0.2) is 6.10 Å². The highest BCUT2D eigenvalue weighted by molar-refractivity contribution is 5.22. The molecule has 0 bridgehead atoms. The van der Waals surface area contributed by atoms with Gasteiger partial charge in [0.1, 0.15) is 5.76 Å². The van der Waals surface area contributed by atoms with Gasteiger partial charge in [0.15, 0.2) is 0 Å². The second kappa shape index (κ2) is 4.31. The van der Waals surface area contributed by atoms with Crippen LogP contribution < -0.4 is 0 Å². The Hall–Kier alpha value is -0.980. The summed E-state index contributed by atoms with van der Waals surface area (Å²) in [5, 5.41) is 0. The highest BCUT2D eigenvalue weighted by atomic mass is 16.5. The zero-order valence-corrected chi connectivity index (χ0v) is 8.66. The topological polar surface area (TPSA) is 9.23 Å². The summed E-state index contributed by atoms with van der Waals surface area (Å²) in [6.45, 7) is 10.1. The molecule has 0 amide bonds. The van der Waals surface area contributed by atoms with E-state index in [0.717, 1.165) is 5.76 Å². The van der Waals surface area contributed by atoms with Crippen LogP contribution in [0.4, 0.5) is 0 Å². The number of hydrogen-bond acceptors (Lipinski definition) is 1. The summed E-state index contributed by atoms with van der Waals surface area (Å²) in [6.07, 6.45) is 8.57. The Labute approximate surface area is 80.8 Å². The van der Waals surface area contributed by atoms with Crippen molar-refractivity contribution in [3.63, 3.8) is 0 Å². The van der Waals surface area contributed by atoms with E-state index in [9.17, 15) is 0 Å². The van der Waals surface area contributed by atoms with Gasteiger partial charge in [0.2, 0.25) is 0 Å². The van der Waals surface area contributed by atoms with Crippen LogP contribution in [0.3, 0.4) is 0 Å². The van der Waals surface area contributed by atoms with E-state index in [1.165, 1.54) is 0 Å². The summed E-state index contributed by atoms with van der Waals surface area (Å²) < 4.78 is 5.59. The summed E-state index contributed by atoms with van der Waals surface area (Å²) in [6, 6.07) is 0. The zero-order valence-electron chi connectivity index (χ0n) is 8.66. The van der Waals surface area contributed by atoms with Crippen molar-refractivity contribution in [2.24, 2.45) is 11.8 Å². The number of rotatable bonds is 3. The third kappa shape index (κ3) is 2.76. The lowest BCUT2D eigenvalue weighted by Crippen LogP contribution is -2.11. The molecule has 13 heavy (non-hydrogen) atoms. The van der Waals surface area contributed by atoms with E-state index >= 15 is 0 Å². The predicted molar refractivity (Wildman–Crippen MR) is 56.3 cm³/mol. The van der Waals surface area contributed by atoms with E-state index in [1.807, 2.05) is 26.0 Å². The summed E-state index contributed by atoms with van der Waals surface area (Å²) in [5.74, 6) is 1.94. The largest absolute Gasteiger partial charge is 0.491 e. The lowest BCUT2D eigenvalue weighted by atomic mass is 9.90. The molecule has 1 nitrogen and oxygen atoms in total. The fourth-order valence-electron chi connectivity index (χ4n) is 1.45. The molecule has 0 radical (unpaired) electrons. The van der Waals surface area contributed by atoms with Crippen molar-refractivity contribution in [2.75, 3.05) is 0 Å². The SMILES string of the molecule is C=CC1C=CC(OC(C)C)=CC1C. The van der Waals surface area contributed by atoms with Crippen molar-refractivity contribution in [1.82, 2.24) is 0 Å². The van der Waals surface area contributed by atoms with Crippen LogP contribution >= 0.6 is 0 Å². The Morgan fingerprint density at radius 1 is 1.54 bits per heavy atom. The Morgan fingerprint density at radius 2 is 2.23 bits per heavy atom. The van der Waals surface area contributed by atoms with Gasteiger partial charge in [0.25, 0.3) is 0 Å². The molecule has 1 heteroatoms. The van der Waals surface area contributed by atoms with Gasteiger partial charge in [-0.25, -0.2) is 0 Å². The number of allylic oxidation sites excluding steroid dienone is 4. The third-order valence-electron chi connectivity index (χ3n) is 2.16. The molecule has 0 fully saturated rings. The minimum absolute atomic E-state index is 0.253. The van der Waals surface area contributed by atoms with Gasteiger partial charge in [-0.15, -0.1) is 6.58 Å². The first-order chi connectivity index (χ1) is 6.13. The van der Waals surface area contributed by atoms with E-state index in [0.29, 0.717) is 11.8 Å². The third-order valence-corrected chi connectivity index (χ3v) is 2.16. The highest BCUT2D eigenvalue weighted by Crippen LogP contribution is 2.24. The second-order valence-electron chi connectivity index (χ2n) is 3.77. The molecule has 0 aromatic rings. The van der Waals surface area contributed by atoms with Crippen molar-refractivity contribution in [2.45, 2.75) is 26.9 Å². The first-order valence-electron chi connectivity index (χ1n) is 4.82. The normalized spacial score (nSPS) is 27.2. The Balaban J connectivity index is 2.62. The molecular formula is C12H18O. The van der Waals surface area contributed by atoms with Gasteiger partial charge in [-0.1, -0.05) is 19.1 Å². The molecule has 0 aliphatic heterocycles. The molecule has 0 aromatic heterocycles. The van der Waals surface area contributed by atoms with Crippen LogP contribution in [0, 0.1) is 11.8 Å². The second-order valence-corrected chi connectivity index (χ2v) is 3.77. The lowest BCUT2D eigenvalue weighted by Gasteiger charge is -2.21. The molecule has 1 aliphatic carbocycles. The first kappa shape index (κ1) is 10.1.